The smallest absolute Gasteiger partial charge is 0.270 e. The molecule has 3 aromatic carbocycles. The molecule has 0 N–H and O–H groups in total. The van der Waals surface area contributed by atoms with Gasteiger partial charge in [0.05, 0.1) is 17.2 Å². The van der Waals surface area contributed by atoms with Gasteiger partial charge in [-0.3, -0.25) is 9.69 Å². The highest BCUT2D eigenvalue weighted by Gasteiger charge is 2.33. The second-order valence-electron chi connectivity index (χ2n) is 7.02. The number of anilines is 1. The molecule has 1 aliphatic rings. The predicted molar refractivity (Wildman–Crippen MR) is 146 cm³/mol. The molecule has 0 spiro atoms. The van der Waals surface area contributed by atoms with Crippen LogP contribution in [0, 0.1) is 0 Å². The van der Waals surface area contributed by atoms with E-state index in [9.17, 15) is 4.79 Å². The average molecular weight is 605 g/mol. The van der Waals surface area contributed by atoms with Crippen molar-refractivity contribution in [3.63, 3.8) is 0 Å². The number of hydrogen-bond donors (Lipinski definition) is 0. The highest BCUT2D eigenvalue weighted by Crippen LogP contribution is 2.39. The van der Waals surface area contributed by atoms with Crippen molar-refractivity contribution in [1.29, 1.82) is 0 Å². The summed E-state index contributed by atoms with van der Waals surface area (Å²) < 4.78 is 14.2. The van der Waals surface area contributed by atoms with E-state index in [1.165, 1.54) is 11.8 Å². The van der Waals surface area contributed by atoms with E-state index in [-0.39, 0.29) is 5.91 Å². The molecule has 168 valence electrons. The fourth-order valence-corrected chi connectivity index (χ4v) is 5.18. The Labute approximate surface area is 219 Å². The normalized spacial score (nSPS) is 14.8. The van der Waals surface area contributed by atoms with Gasteiger partial charge in [-0.2, -0.15) is 0 Å². The number of halogens is 2. The van der Waals surface area contributed by atoms with Gasteiger partial charge in [0.25, 0.3) is 5.91 Å². The lowest BCUT2D eigenvalue weighted by Crippen LogP contribution is -2.27. The maximum atomic E-state index is 13.1. The third kappa shape index (κ3) is 5.69. The Morgan fingerprint density at radius 3 is 2.39 bits per heavy atom. The van der Waals surface area contributed by atoms with Crippen molar-refractivity contribution in [3.05, 3.63) is 91.7 Å². The van der Waals surface area contributed by atoms with Gasteiger partial charge < -0.3 is 9.47 Å². The summed E-state index contributed by atoms with van der Waals surface area (Å²) in [5.74, 6) is 1.10. The van der Waals surface area contributed by atoms with Crippen LogP contribution in [0.5, 0.6) is 11.5 Å². The molecule has 0 atom stereocenters. The number of thioether (sulfide) groups is 1. The first kappa shape index (κ1) is 24.0. The number of hydrogen-bond acceptors (Lipinski definition) is 5. The number of rotatable bonds is 7. The standard InChI is InChI=1S/C25H19Br2NO3S2/c1-2-30-21-12-17(20(27)14-22(21)31-15-16-8-10-18(26)11-9-16)13-23-24(29)28(25(32)33-23)19-6-4-3-5-7-19/h3-14H,2,15H2,1H3/b23-13+. The minimum absolute atomic E-state index is 0.142. The molecular formula is C25H19Br2NO3S2. The molecule has 1 amide bonds. The molecule has 4 nitrogen and oxygen atoms in total. The number of nitrogens with zero attached hydrogens (tertiary/aromatic N) is 1. The topological polar surface area (TPSA) is 38.8 Å². The fourth-order valence-electron chi connectivity index (χ4n) is 3.19. The summed E-state index contributed by atoms with van der Waals surface area (Å²) in [7, 11) is 0. The highest BCUT2D eigenvalue weighted by molar-refractivity contribution is 9.10. The van der Waals surface area contributed by atoms with Gasteiger partial charge in [-0.1, -0.05) is 86.2 Å². The molecule has 4 rings (SSSR count). The van der Waals surface area contributed by atoms with Crippen LogP contribution in [0.25, 0.3) is 6.08 Å². The molecule has 0 radical (unpaired) electrons. The zero-order valence-corrected chi connectivity index (χ0v) is 22.4. The Morgan fingerprint density at radius 2 is 1.70 bits per heavy atom. The summed E-state index contributed by atoms with van der Waals surface area (Å²) in [6.45, 7) is 2.83. The Kier molecular flexibility index (Phi) is 7.90. The van der Waals surface area contributed by atoms with Gasteiger partial charge in [-0.25, -0.2) is 0 Å². The van der Waals surface area contributed by atoms with Crippen molar-refractivity contribution < 1.29 is 14.3 Å². The number of amides is 1. The molecule has 0 bridgehead atoms. The minimum Gasteiger partial charge on any atom is -0.490 e. The molecule has 8 heteroatoms. The van der Waals surface area contributed by atoms with Crippen LogP contribution in [0.4, 0.5) is 5.69 Å². The van der Waals surface area contributed by atoms with E-state index in [1.54, 1.807) is 4.90 Å². The third-order valence-corrected chi connectivity index (χ3v) is 7.28. The lowest BCUT2D eigenvalue weighted by Gasteiger charge is -2.15. The van der Waals surface area contributed by atoms with Gasteiger partial charge >= 0.3 is 0 Å². The summed E-state index contributed by atoms with van der Waals surface area (Å²) in [6, 6.07) is 21.1. The highest BCUT2D eigenvalue weighted by atomic mass is 79.9. The summed E-state index contributed by atoms with van der Waals surface area (Å²) in [5.41, 5.74) is 2.61. The summed E-state index contributed by atoms with van der Waals surface area (Å²) in [6.07, 6.45) is 1.83. The van der Waals surface area contributed by atoms with Crippen LogP contribution in [0.15, 0.2) is 80.6 Å². The zero-order chi connectivity index (χ0) is 23.4. The van der Waals surface area contributed by atoms with Crippen LogP contribution in [0.1, 0.15) is 18.1 Å². The molecule has 3 aromatic rings. The second-order valence-corrected chi connectivity index (χ2v) is 10.5. The lowest BCUT2D eigenvalue weighted by atomic mass is 10.1. The average Bonchev–Trinajstić information content (AvgIpc) is 3.09. The van der Waals surface area contributed by atoms with Gasteiger partial charge in [0.2, 0.25) is 0 Å². The van der Waals surface area contributed by atoms with Crippen molar-refractivity contribution in [2.45, 2.75) is 13.5 Å². The summed E-state index contributed by atoms with van der Waals surface area (Å²) in [5, 5.41) is 0. The van der Waals surface area contributed by atoms with Gasteiger partial charge in [-0.05, 0) is 60.5 Å². The van der Waals surface area contributed by atoms with E-state index in [0.717, 1.165) is 25.8 Å². The van der Waals surface area contributed by atoms with Crippen LogP contribution in [0.3, 0.4) is 0 Å². The Bertz CT molecular complexity index is 1210. The zero-order valence-electron chi connectivity index (χ0n) is 17.6. The monoisotopic (exact) mass is 603 g/mol. The van der Waals surface area contributed by atoms with Crippen molar-refractivity contribution >= 4 is 77.8 Å². The Morgan fingerprint density at radius 1 is 1.00 bits per heavy atom. The predicted octanol–water partition coefficient (Wildman–Crippen LogP) is 7.60. The first-order chi connectivity index (χ1) is 16.0. The third-order valence-electron chi connectivity index (χ3n) is 4.77. The van der Waals surface area contributed by atoms with Crippen LogP contribution in [-0.2, 0) is 11.4 Å². The Hall–Kier alpha value is -2.13. The first-order valence-corrected chi connectivity index (χ1v) is 12.9. The largest absolute Gasteiger partial charge is 0.490 e. The molecule has 1 saturated heterocycles. The van der Waals surface area contributed by atoms with Crippen LogP contribution in [-0.4, -0.2) is 16.8 Å². The van der Waals surface area contributed by atoms with Gasteiger partial charge in [-0.15, -0.1) is 0 Å². The van der Waals surface area contributed by atoms with Crippen molar-refractivity contribution in [2.24, 2.45) is 0 Å². The van der Waals surface area contributed by atoms with E-state index in [1.807, 2.05) is 79.7 Å². The molecular weight excluding hydrogens is 586 g/mol. The van der Waals surface area contributed by atoms with Crippen molar-refractivity contribution in [3.8, 4) is 11.5 Å². The molecule has 0 unspecified atom stereocenters. The SMILES string of the molecule is CCOc1cc(/C=C2/SC(=S)N(c3ccccc3)C2=O)c(Br)cc1OCc1ccc(Br)cc1. The molecule has 0 aliphatic carbocycles. The molecule has 1 heterocycles. The molecule has 1 fully saturated rings. The van der Waals surface area contributed by atoms with Crippen molar-refractivity contribution in [1.82, 2.24) is 0 Å². The fraction of sp³-hybridized carbons (Fsp3) is 0.120. The quantitative estimate of drug-likeness (QED) is 0.205. The van der Waals surface area contributed by atoms with E-state index >= 15 is 0 Å². The summed E-state index contributed by atoms with van der Waals surface area (Å²) >= 11 is 13.8. The van der Waals surface area contributed by atoms with Crippen LogP contribution >= 0.6 is 55.8 Å². The maximum Gasteiger partial charge on any atom is 0.270 e. The second kappa shape index (κ2) is 10.9. The number of ether oxygens (including phenoxy) is 2. The molecule has 0 saturated carbocycles. The van der Waals surface area contributed by atoms with E-state index < -0.39 is 0 Å². The van der Waals surface area contributed by atoms with Crippen molar-refractivity contribution in [2.75, 3.05) is 11.5 Å². The Balaban J connectivity index is 1.59. The van der Waals surface area contributed by atoms with Gasteiger partial charge in [0.15, 0.2) is 15.8 Å². The number of carbonyl (C=O) groups is 1. The molecule has 0 aromatic heterocycles. The number of para-hydroxylation sites is 1. The number of benzene rings is 3. The lowest BCUT2D eigenvalue weighted by molar-refractivity contribution is -0.113. The first-order valence-electron chi connectivity index (χ1n) is 10.1. The van der Waals surface area contributed by atoms with Gasteiger partial charge in [0, 0.05) is 8.95 Å². The van der Waals surface area contributed by atoms with E-state index in [4.69, 9.17) is 21.7 Å². The maximum absolute atomic E-state index is 13.1. The summed E-state index contributed by atoms with van der Waals surface area (Å²) in [4.78, 5) is 15.2. The van der Waals surface area contributed by atoms with E-state index in [0.29, 0.717) is 33.9 Å². The number of carbonyl (C=O) groups excluding carboxylic acids is 1. The van der Waals surface area contributed by atoms with Crippen LogP contribution in [0.2, 0.25) is 0 Å². The number of thiocarbonyl (C=S) groups is 1. The van der Waals surface area contributed by atoms with E-state index in [2.05, 4.69) is 31.9 Å². The molecule has 1 aliphatic heterocycles. The minimum atomic E-state index is -0.142. The molecule has 33 heavy (non-hydrogen) atoms. The van der Waals surface area contributed by atoms with Crippen LogP contribution < -0.4 is 14.4 Å². The van der Waals surface area contributed by atoms with Gasteiger partial charge in [0.1, 0.15) is 6.61 Å².